The van der Waals surface area contributed by atoms with E-state index in [2.05, 4.69) is 76.2 Å². The van der Waals surface area contributed by atoms with Gasteiger partial charge in [-0.05, 0) is 65.0 Å². The summed E-state index contributed by atoms with van der Waals surface area (Å²) in [4.78, 5) is 0. The third kappa shape index (κ3) is 8.13. The Hall–Kier alpha value is -1.33. The summed E-state index contributed by atoms with van der Waals surface area (Å²) in [7, 11) is 0. The van der Waals surface area contributed by atoms with E-state index in [1.807, 2.05) is 18.7 Å². The molecule has 0 aromatic heterocycles. The van der Waals surface area contributed by atoms with E-state index in [4.69, 9.17) is 17.2 Å². The zero-order valence-electron chi connectivity index (χ0n) is 18.9. The van der Waals surface area contributed by atoms with Gasteiger partial charge in [-0.3, -0.25) is 0 Å². The third-order valence-electron chi connectivity index (χ3n) is 5.68. The van der Waals surface area contributed by atoms with Crippen molar-refractivity contribution in [1.29, 1.82) is 0 Å². The first-order valence-electron chi connectivity index (χ1n) is 10.7. The summed E-state index contributed by atoms with van der Waals surface area (Å²) in [6.45, 7) is 12.5. The van der Waals surface area contributed by atoms with Gasteiger partial charge in [-0.25, -0.2) is 0 Å². The Labute approximate surface area is 182 Å². The topological polar surface area (TPSA) is 78.1 Å². The molecule has 2 unspecified atom stereocenters. The molecule has 0 bridgehead atoms. The number of rotatable bonds is 9. The summed E-state index contributed by atoms with van der Waals surface area (Å²) in [5.74, 6) is 2.87. The minimum atomic E-state index is 0.0585. The maximum atomic E-state index is 5.93. The van der Waals surface area contributed by atoms with Crippen LogP contribution in [0.3, 0.4) is 0 Å². The molecule has 0 radical (unpaired) electrons. The maximum Gasteiger partial charge on any atom is 0.0266 e. The summed E-state index contributed by atoms with van der Waals surface area (Å²) in [5, 5.41) is 0. The van der Waals surface area contributed by atoms with Gasteiger partial charge < -0.3 is 17.2 Å². The van der Waals surface area contributed by atoms with Crippen molar-refractivity contribution in [3.05, 3.63) is 70.8 Å². The molecule has 0 amide bonds. The predicted octanol–water partition coefficient (Wildman–Crippen LogP) is 5.33. The molecular formula is C25H41N3S. The standard InChI is InChI=1S/C20H28N2.C5H13NS/c1-14(17-7-9-18(10-8-17)15(2)22)20(3,4)19-11-5-16(13-21)6-12-19;1-2-7-5-3-4-6/h5-12,14-15H,13,21-22H2,1-4H3;2-6H2,1H3. The summed E-state index contributed by atoms with van der Waals surface area (Å²) in [6, 6.07) is 17.4. The Morgan fingerprint density at radius 1 is 0.897 bits per heavy atom. The summed E-state index contributed by atoms with van der Waals surface area (Å²) in [5.41, 5.74) is 22.0. The fourth-order valence-corrected chi connectivity index (χ4v) is 3.81. The summed E-state index contributed by atoms with van der Waals surface area (Å²) < 4.78 is 0. The highest BCUT2D eigenvalue weighted by atomic mass is 32.2. The van der Waals surface area contributed by atoms with Crippen molar-refractivity contribution in [1.82, 2.24) is 0 Å². The molecule has 0 fully saturated rings. The molecule has 0 aliphatic rings. The van der Waals surface area contributed by atoms with Crippen molar-refractivity contribution in [3.8, 4) is 0 Å². The Kier molecular flexibility index (Phi) is 11.6. The minimum absolute atomic E-state index is 0.0585. The number of hydrogen-bond acceptors (Lipinski definition) is 4. The van der Waals surface area contributed by atoms with Gasteiger partial charge in [0.2, 0.25) is 0 Å². The Bertz CT molecular complexity index is 674. The molecule has 162 valence electrons. The number of thioether (sulfide) groups is 1. The maximum absolute atomic E-state index is 5.93. The first kappa shape index (κ1) is 25.7. The van der Waals surface area contributed by atoms with Crippen molar-refractivity contribution in [3.63, 3.8) is 0 Å². The monoisotopic (exact) mass is 415 g/mol. The zero-order valence-corrected chi connectivity index (χ0v) is 19.8. The quantitative estimate of drug-likeness (QED) is 0.483. The van der Waals surface area contributed by atoms with E-state index < -0.39 is 0 Å². The SMILES string of the molecule is CC(N)c1ccc(C(C)C(C)(C)c2ccc(CN)cc2)cc1.CCSCCCN. The Morgan fingerprint density at radius 3 is 1.90 bits per heavy atom. The number of benzene rings is 2. The van der Waals surface area contributed by atoms with Gasteiger partial charge >= 0.3 is 0 Å². The lowest BCUT2D eigenvalue weighted by molar-refractivity contribution is 0.436. The second-order valence-electron chi connectivity index (χ2n) is 8.14. The fourth-order valence-electron chi connectivity index (χ4n) is 3.16. The van der Waals surface area contributed by atoms with Gasteiger partial charge in [0.05, 0.1) is 0 Å². The Balaban J connectivity index is 0.000000516. The van der Waals surface area contributed by atoms with E-state index in [1.165, 1.54) is 40.2 Å². The molecule has 3 nitrogen and oxygen atoms in total. The van der Waals surface area contributed by atoms with Gasteiger partial charge in [0.25, 0.3) is 0 Å². The largest absolute Gasteiger partial charge is 0.330 e. The van der Waals surface area contributed by atoms with E-state index in [9.17, 15) is 0 Å². The highest BCUT2D eigenvalue weighted by Crippen LogP contribution is 2.38. The highest BCUT2D eigenvalue weighted by Gasteiger charge is 2.29. The van der Waals surface area contributed by atoms with Gasteiger partial charge in [-0.1, -0.05) is 76.2 Å². The third-order valence-corrected chi connectivity index (χ3v) is 6.66. The molecule has 29 heavy (non-hydrogen) atoms. The van der Waals surface area contributed by atoms with Gasteiger partial charge in [0.15, 0.2) is 0 Å². The van der Waals surface area contributed by atoms with Gasteiger partial charge in [-0.2, -0.15) is 11.8 Å². The molecule has 0 saturated heterocycles. The Morgan fingerprint density at radius 2 is 1.45 bits per heavy atom. The lowest BCUT2D eigenvalue weighted by atomic mass is 9.71. The van der Waals surface area contributed by atoms with E-state index in [0.29, 0.717) is 12.5 Å². The molecule has 0 aliphatic carbocycles. The van der Waals surface area contributed by atoms with Crippen LogP contribution in [0.2, 0.25) is 0 Å². The molecule has 2 aromatic carbocycles. The molecular weight excluding hydrogens is 374 g/mol. The van der Waals surface area contributed by atoms with E-state index in [1.54, 1.807) is 0 Å². The van der Waals surface area contributed by atoms with E-state index in [0.717, 1.165) is 6.54 Å². The molecule has 6 N–H and O–H groups in total. The molecule has 0 aliphatic heterocycles. The van der Waals surface area contributed by atoms with Crippen LogP contribution in [0, 0.1) is 0 Å². The van der Waals surface area contributed by atoms with Crippen molar-refractivity contribution >= 4 is 11.8 Å². The van der Waals surface area contributed by atoms with Crippen LogP contribution in [-0.4, -0.2) is 18.1 Å². The van der Waals surface area contributed by atoms with Crippen LogP contribution < -0.4 is 17.2 Å². The lowest BCUT2D eigenvalue weighted by Crippen LogP contribution is -2.25. The van der Waals surface area contributed by atoms with Crippen molar-refractivity contribution in [2.24, 2.45) is 17.2 Å². The van der Waals surface area contributed by atoms with E-state index in [-0.39, 0.29) is 11.5 Å². The number of nitrogens with two attached hydrogens (primary N) is 3. The normalized spacial score (nSPS) is 13.4. The van der Waals surface area contributed by atoms with Gasteiger partial charge in [-0.15, -0.1) is 0 Å². The molecule has 0 heterocycles. The number of hydrogen-bond donors (Lipinski definition) is 3. The van der Waals surface area contributed by atoms with Gasteiger partial charge in [0, 0.05) is 12.6 Å². The molecule has 2 atom stereocenters. The van der Waals surface area contributed by atoms with Crippen LogP contribution in [0.1, 0.15) is 75.3 Å². The zero-order chi connectivity index (χ0) is 21.9. The molecule has 2 aromatic rings. The fraction of sp³-hybridized carbons (Fsp3) is 0.520. The van der Waals surface area contributed by atoms with Crippen LogP contribution in [0.15, 0.2) is 48.5 Å². The first-order chi connectivity index (χ1) is 13.8. The second-order valence-corrected chi connectivity index (χ2v) is 9.53. The van der Waals surface area contributed by atoms with Crippen molar-refractivity contribution in [2.75, 3.05) is 18.1 Å². The summed E-state index contributed by atoms with van der Waals surface area (Å²) in [6.07, 6.45) is 1.17. The second kappa shape index (κ2) is 13.1. The van der Waals surface area contributed by atoms with Crippen LogP contribution in [0.5, 0.6) is 0 Å². The van der Waals surface area contributed by atoms with E-state index >= 15 is 0 Å². The van der Waals surface area contributed by atoms with Crippen molar-refractivity contribution in [2.45, 2.75) is 65.0 Å². The van der Waals surface area contributed by atoms with Crippen LogP contribution in [0.25, 0.3) is 0 Å². The van der Waals surface area contributed by atoms with Crippen molar-refractivity contribution < 1.29 is 0 Å². The average molecular weight is 416 g/mol. The lowest BCUT2D eigenvalue weighted by Gasteiger charge is -2.33. The van der Waals surface area contributed by atoms with Crippen LogP contribution >= 0.6 is 11.8 Å². The smallest absolute Gasteiger partial charge is 0.0266 e. The first-order valence-corrected chi connectivity index (χ1v) is 11.9. The molecule has 0 saturated carbocycles. The van der Waals surface area contributed by atoms with Crippen LogP contribution in [0.4, 0.5) is 0 Å². The highest BCUT2D eigenvalue weighted by molar-refractivity contribution is 7.99. The van der Waals surface area contributed by atoms with Gasteiger partial charge in [0.1, 0.15) is 0 Å². The minimum Gasteiger partial charge on any atom is -0.330 e. The van der Waals surface area contributed by atoms with Crippen LogP contribution in [-0.2, 0) is 12.0 Å². The molecule has 0 spiro atoms. The molecule has 2 rings (SSSR count). The molecule has 4 heteroatoms. The summed E-state index contributed by atoms with van der Waals surface area (Å²) >= 11 is 1.95. The average Bonchev–Trinajstić information content (AvgIpc) is 2.74. The predicted molar refractivity (Wildman–Crippen MR) is 131 cm³/mol.